The molecular weight excluding hydrogens is 386 g/mol. The summed E-state index contributed by atoms with van der Waals surface area (Å²) < 4.78 is 28.0. The number of benzene rings is 1. The molecule has 6 nitrogen and oxygen atoms in total. The van der Waals surface area contributed by atoms with E-state index in [4.69, 9.17) is 0 Å². The van der Waals surface area contributed by atoms with E-state index >= 15 is 0 Å². The number of rotatable bonds is 4. The van der Waals surface area contributed by atoms with Crippen molar-refractivity contribution in [3.8, 4) is 0 Å². The van der Waals surface area contributed by atoms with Gasteiger partial charge >= 0.3 is 0 Å². The molecule has 1 unspecified atom stereocenters. The Morgan fingerprint density at radius 2 is 1.62 bits per heavy atom. The van der Waals surface area contributed by atoms with Crippen LogP contribution >= 0.6 is 0 Å². The Labute approximate surface area is 175 Å². The van der Waals surface area contributed by atoms with Gasteiger partial charge in [0.2, 0.25) is 15.9 Å². The molecule has 7 heteroatoms. The normalized spacial score (nSPS) is 23.3. The maximum atomic E-state index is 13.2. The number of piperazine rings is 1. The van der Waals surface area contributed by atoms with Gasteiger partial charge in [0.15, 0.2) is 0 Å². The quantitative estimate of drug-likeness (QED) is 0.750. The van der Waals surface area contributed by atoms with E-state index in [-0.39, 0.29) is 23.4 Å². The molecule has 0 saturated carbocycles. The number of carbonyl (C=O) groups excluding carboxylic acids is 1. The Balaban J connectivity index is 1.69. The van der Waals surface area contributed by atoms with E-state index in [2.05, 4.69) is 25.7 Å². The van der Waals surface area contributed by atoms with Gasteiger partial charge in [0.05, 0.1) is 10.9 Å². The SMILES string of the molecule is CC(C(=O)N1CCCC1)N1CCN(S(=O)(=O)c2ccc(C(C)(C)C)cc2)[C@H](C)C1. The second-order valence-electron chi connectivity index (χ2n) is 9.44. The maximum Gasteiger partial charge on any atom is 0.243 e. The summed E-state index contributed by atoms with van der Waals surface area (Å²) in [4.78, 5) is 17.1. The maximum absolute atomic E-state index is 13.2. The topological polar surface area (TPSA) is 60.9 Å². The lowest BCUT2D eigenvalue weighted by Crippen LogP contribution is -2.58. The average molecular weight is 422 g/mol. The first-order valence-electron chi connectivity index (χ1n) is 10.7. The van der Waals surface area contributed by atoms with Gasteiger partial charge in [-0.25, -0.2) is 8.42 Å². The van der Waals surface area contributed by atoms with Crippen molar-refractivity contribution in [2.45, 2.75) is 69.9 Å². The number of carbonyl (C=O) groups is 1. The predicted octanol–water partition coefficient (Wildman–Crippen LogP) is 2.69. The minimum Gasteiger partial charge on any atom is -0.341 e. The van der Waals surface area contributed by atoms with Gasteiger partial charge in [-0.15, -0.1) is 0 Å². The largest absolute Gasteiger partial charge is 0.341 e. The van der Waals surface area contributed by atoms with Gasteiger partial charge in [0.25, 0.3) is 0 Å². The van der Waals surface area contributed by atoms with E-state index in [1.54, 1.807) is 16.4 Å². The van der Waals surface area contributed by atoms with E-state index in [0.29, 0.717) is 24.5 Å². The number of hydrogen-bond donors (Lipinski definition) is 0. The van der Waals surface area contributed by atoms with Crippen LogP contribution in [0.15, 0.2) is 29.2 Å². The van der Waals surface area contributed by atoms with Crippen molar-refractivity contribution in [3.05, 3.63) is 29.8 Å². The zero-order chi connectivity index (χ0) is 21.4. The lowest BCUT2D eigenvalue weighted by atomic mass is 9.87. The van der Waals surface area contributed by atoms with Gasteiger partial charge in [-0.3, -0.25) is 9.69 Å². The van der Waals surface area contributed by atoms with Crippen molar-refractivity contribution < 1.29 is 13.2 Å². The third-order valence-electron chi connectivity index (χ3n) is 6.25. The van der Waals surface area contributed by atoms with Gasteiger partial charge in [0, 0.05) is 38.8 Å². The molecule has 29 heavy (non-hydrogen) atoms. The van der Waals surface area contributed by atoms with Gasteiger partial charge in [0.1, 0.15) is 0 Å². The second kappa shape index (κ2) is 8.36. The van der Waals surface area contributed by atoms with Crippen LogP contribution in [-0.2, 0) is 20.2 Å². The highest BCUT2D eigenvalue weighted by Gasteiger charge is 2.37. The molecule has 0 radical (unpaired) electrons. The molecule has 0 N–H and O–H groups in total. The highest BCUT2D eigenvalue weighted by Crippen LogP contribution is 2.27. The van der Waals surface area contributed by atoms with Crippen LogP contribution in [0.2, 0.25) is 0 Å². The van der Waals surface area contributed by atoms with E-state index in [0.717, 1.165) is 31.5 Å². The third-order valence-corrected chi connectivity index (χ3v) is 8.28. The smallest absolute Gasteiger partial charge is 0.243 e. The van der Waals surface area contributed by atoms with E-state index < -0.39 is 10.0 Å². The van der Waals surface area contributed by atoms with Crippen molar-refractivity contribution in [1.82, 2.24) is 14.1 Å². The summed E-state index contributed by atoms with van der Waals surface area (Å²) in [7, 11) is -3.55. The minimum absolute atomic E-state index is 0.0147. The number of nitrogens with zero attached hydrogens (tertiary/aromatic N) is 3. The van der Waals surface area contributed by atoms with E-state index in [1.807, 2.05) is 30.9 Å². The Morgan fingerprint density at radius 3 is 2.14 bits per heavy atom. The molecule has 162 valence electrons. The summed E-state index contributed by atoms with van der Waals surface area (Å²) in [6, 6.07) is 6.87. The highest BCUT2D eigenvalue weighted by atomic mass is 32.2. The van der Waals surface area contributed by atoms with Crippen LogP contribution in [0.3, 0.4) is 0 Å². The Kier molecular flexibility index (Phi) is 6.41. The van der Waals surface area contributed by atoms with Gasteiger partial charge < -0.3 is 4.90 Å². The summed E-state index contributed by atoms with van der Waals surface area (Å²) in [5, 5.41) is 0. The average Bonchev–Trinajstić information content (AvgIpc) is 3.20. The molecule has 0 aliphatic carbocycles. The van der Waals surface area contributed by atoms with Gasteiger partial charge in [-0.05, 0) is 49.8 Å². The number of sulfonamides is 1. The van der Waals surface area contributed by atoms with Crippen LogP contribution in [0, 0.1) is 0 Å². The number of amides is 1. The summed E-state index contributed by atoms with van der Waals surface area (Å²) >= 11 is 0. The van der Waals surface area contributed by atoms with Crippen LogP contribution in [0.4, 0.5) is 0 Å². The number of likely N-dealkylation sites (tertiary alicyclic amines) is 1. The molecule has 0 bridgehead atoms. The molecule has 1 aromatic rings. The van der Waals surface area contributed by atoms with Crippen LogP contribution in [-0.4, -0.2) is 73.2 Å². The molecule has 2 aliphatic rings. The van der Waals surface area contributed by atoms with Crippen molar-refractivity contribution in [3.63, 3.8) is 0 Å². The van der Waals surface area contributed by atoms with Crippen LogP contribution in [0.25, 0.3) is 0 Å². The fraction of sp³-hybridized carbons (Fsp3) is 0.682. The Hall–Kier alpha value is -1.44. The first-order valence-corrected chi connectivity index (χ1v) is 12.1. The molecule has 2 heterocycles. The fourth-order valence-corrected chi connectivity index (χ4v) is 5.91. The summed E-state index contributed by atoms with van der Waals surface area (Å²) in [5.41, 5.74) is 1.10. The van der Waals surface area contributed by atoms with Crippen LogP contribution in [0.1, 0.15) is 53.0 Å². The van der Waals surface area contributed by atoms with Gasteiger partial charge in [-0.1, -0.05) is 32.9 Å². The zero-order valence-electron chi connectivity index (χ0n) is 18.4. The van der Waals surface area contributed by atoms with Crippen LogP contribution < -0.4 is 0 Å². The van der Waals surface area contributed by atoms with Crippen molar-refractivity contribution >= 4 is 15.9 Å². The predicted molar refractivity (Wildman–Crippen MR) is 115 cm³/mol. The summed E-state index contributed by atoms with van der Waals surface area (Å²) in [6.45, 7) is 13.5. The first-order chi connectivity index (χ1) is 13.5. The molecule has 1 amide bonds. The Morgan fingerprint density at radius 1 is 1.03 bits per heavy atom. The summed E-state index contributed by atoms with van der Waals surface area (Å²) in [6.07, 6.45) is 2.16. The fourth-order valence-electron chi connectivity index (χ4n) is 4.30. The lowest BCUT2D eigenvalue weighted by molar-refractivity contribution is -0.136. The molecule has 0 spiro atoms. The molecule has 2 aliphatic heterocycles. The molecule has 2 atom stereocenters. The highest BCUT2D eigenvalue weighted by molar-refractivity contribution is 7.89. The zero-order valence-corrected chi connectivity index (χ0v) is 19.2. The van der Waals surface area contributed by atoms with Crippen molar-refractivity contribution in [1.29, 1.82) is 0 Å². The molecule has 2 saturated heterocycles. The minimum atomic E-state index is -3.55. The molecular formula is C22H35N3O3S. The lowest BCUT2D eigenvalue weighted by Gasteiger charge is -2.41. The van der Waals surface area contributed by atoms with E-state index in [9.17, 15) is 13.2 Å². The number of hydrogen-bond acceptors (Lipinski definition) is 4. The standard InChI is InChI=1S/C22H35N3O3S/c1-17-16-24(18(2)21(26)23-12-6-7-13-23)14-15-25(17)29(27,28)20-10-8-19(9-11-20)22(3,4)5/h8-11,17-18H,6-7,12-16H2,1-5H3/t17-,18?/m1/s1. The molecule has 3 rings (SSSR count). The van der Waals surface area contributed by atoms with E-state index in [1.165, 1.54) is 0 Å². The second-order valence-corrected chi connectivity index (χ2v) is 11.3. The van der Waals surface area contributed by atoms with Gasteiger partial charge in [-0.2, -0.15) is 4.31 Å². The van der Waals surface area contributed by atoms with Crippen LogP contribution in [0.5, 0.6) is 0 Å². The molecule has 1 aromatic carbocycles. The molecule has 0 aromatic heterocycles. The van der Waals surface area contributed by atoms with Crippen molar-refractivity contribution in [2.24, 2.45) is 0 Å². The first kappa shape index (κ1) is 22.2. The Bertz CT molecular complexity index is 824. The third kappa shape index (κ3) is 4.67. The molecule has 2 fully saturated rings. The summed E-state index contributed by atoms with van der Waals surface area (Å²) in [5.74, 6) is 0.170. The van der Waals surface area contributed by atoms with Crippen molar-refractivity contribution in [2.75, 3.05) is 32.7 Å². The monoisotopic (exact) mass is 421 g/mol.